The maximum atomic E-state index is 12.8. The smallest absolute Gasteiger partial charge is 0.227 e. The molecule has 0 saturated heterocycles. The molecule has 24 heteroatoms. The van der Waals surface area contributed by atoms with Gasteiger partial charge in [0.05, 0.1) is 91.0 Å². The van der Waals surface area contributed by atoms with E-state index in [1.54, 1.807) is 55.8 Å². The van der Waals surface area contributed by atoms with Gasteiger partial charge in [-0.25, -0.2) is 15.0 Å². The molecule has 18 aromatic rings. The molecule has 24 nitrogen and oxygen atoms in total. The zero-order valence-electron chi connectivity index (χ0n) is 60.8. The molecule has 0 radical (unpaired) electrons. The molecule has 0 atom stereocenters. The molecule has 548 valence electrons. The lowest BCUT2D eigenvalue weighted by atomic mass is 9.88. The number of imidazole rings is 3. The van der Waals surface area contributed by atoms with Crippen LogP contribution in [0.4, 0.5) is 17.1 Å². The second-order valence-corrected chi connectivity index (χ2v) is 28.1. The van der Waals surface area contributed by atoms with Gasteiger partial charge in [0.25, 0.3) is 0 Å². The standard InChI is InChI=1S/C31H27N7O.C30H25N7O.C27H21N7O/c39-31(20-5-2-1-3-6-20)34-23-15-22(17-33-18-23)21-9-10-26-25(16-21)29(38-37-26)30-35-27-8-4-7-24(28(27)36-30)19-11-13-32-14-12-19;38-30(19-4-1-2-5-19)33-22-14-21(16-32-17-22)20-8-9-25-24(15-20)28(37-36-25)29-34-26-7-3-6-23(27(26)35-29)18-10-12-31-13-11-18;1-2-24(35)30-18-12-17(14-28-15-18)16-9-10-22-20(13-16)26(34-33-22)27-31-23-8-5-6-19(25(23)32-27)21-7-3-4-11-29-21/h4,7-18,20H,1-3,5-6H2,(H,34,39)(H,35,36)(H,37,38);3,6-17,19H,1-2,4-5H2,(H,33,38)(H,34,35)(H,36,37);3-15H,2H2,1H3,(H,30,35)(H,31,32)(H,33,34). The van der Waals surface area contributed by atoms with Gasteiger partial charge >= 0.3 is 0 Å². The second kappa shape index (κ2) is 30.6. The van der Waals surface area contributed by atoms with Crippen molar-refractivity contribution in [1.29, 1.82) is 0 Å². The van der Waals surface area contributed by atoms with Crippen molar-refractivity contribution in [3.05, 3.63) is 238 Å². The van der Waals surface area contributed by atoms with Crippen LogP contribution >= 0.6 is 0 Å². The second-order valence-electron chi connectivity index (χ2n) is 28.1. The number of hydrogen-bond acceptors (Lipinski definition) is 15. The number of hydrogen-bond donors (Lipinski definition) is 9. The summed E-state index contributed by atoms with van der Waals surface area (Å²) in [6.45, 7) is 1.82. The fourth-order valence-corrected chi connectivity index (χ4v) is 15.1. The van der Waals surface area contributed by atoms with E-state index in [0.29, 0.717) is 35.3 Å². The molecular formula is C88H73N21O3. The number of carbonyl (C=O) groups is 3. The summed E-state index contributed by atoms with van der Waals surface area (Å²) in [5.41, 5.74) is 24.2. The van der Waals surface area contributed by atoms with Crippen molar-refractivity contribution in [2.24, 2.45) is 11.8 Å². The number of carbonyl (C=O) groups excluding carboxylic acids is 3. The van der Waals surface area contributed by atoms with Crippen LogP contribution in [0.3, 0.4) is 0 Å². The Kier molecular flexibility index (Phi) is 18.9. The average Bonchev–Trinajstić information content (AvgIpc) is 1.62. The number of nitrogens with zero attached hydrogens (tertiary/aromatic N) is 12. The number of H-pyrrole nitrogens is 6. The molecule has 2 aliphatic carbocycles. The molecule has 0 bridgehead atoms. The lowest BCUT2D eigenvalue weighted by molar-refractivity contribution is -0.121. The first-order valence-corrected chi connectivity index (χ1v) is 37.6. The number of aromatic nitrogens is 18. The van der Waals surface area contributed by atoms with Crippen LogP contribution in [0.25, 0.3) is 167 Å². The highest BCUT2D eigenvalue weighted by molar-refractivity contribution is 6.03. The van der Waals surface area contributed by atoms with Crippen LogP contribution in [0.2, 0.25) is 0 Å². The van der Waals surface area contributed by atoms with Crippen LogP contribution in [0, 0.1) is 11.8 Å². The van der Waals surface area contributed by atoms with E-state index in [1.165, 1.54) is 6.42 Å². The lowest BCUT2D eigenvalue weighted by Crippen LogP contribution is -2.24. The van der Waals surface area contributed by atoms with Gasteiger partial charge in [0.15, 0.2) is 17.5 Å². The van der Waals surface area contributed by atoms with Crippen LogP contribution in [0.15, 0.2) is 238 Å². The summed E-state index contributed by atoms with van der Waals surface area (Å²) in [5.74, 6) is 2.39. The van der Waals surface area contributed by atoms with E-state index in [1.807, 2.05) is 159 Å². The van der Waals surface area contributed by atoms with Crippen molar-refractivity contribution in [2.45, 2.75) is 71.1 Å². The first-order valence-electron chi connectivity index (χ1n) is 37.6. The van der Waals surface area contributed by atoms with Gasteiger partial charge in [-0.05, 0) is 163 Å². The minimum absolute atomic E-state index is 0.0496. The first-order chi connectivity index (χ1) is 55.1. The maximum Gasteiger partial charge on any atom is 0.227 e. The molecule has 112 heavy (non-hydrogen) atoms. The number of amides is 3. The molecule has 12 heterocycles. The van der Waals surface area contributed by atoms with Gasteiger partial charge in [0, 0.05) is 117 Å². The Morgan fingerprint density at radius 2 is 0.750 bits per heavy atom. The van der Waals surface area contributed by atoms with Crippen molar-refractivity contribution in [3.8, 4) is 101 Å². The first kappa shape index (κ1) is 69.2. The number of fused-ring (bicyclic) bond motifs is 6. The van der Waals surface area contributed by atoms with E-state index in [0.717, 1.165) is 207 Å². The van der Waals surface area contributed by atoms with Gasteiger partial charge < -0.3 is 30.9 Å². The average molecular weight is 1470 g/mol. The highest BCUT2D eigenvalue weighted by atomic mass is 16.2. The Bertz CT molecular complexity index is 6510. The maximum absolute atomic E-state index is 12.8. The third-order valence-corrected chi connectivity index (χ3v) is 20.9. The van der Waals surface area contributed by atoms with E-state index in [4.69, 9.17) is 15.0 Å². The van der Waals surface area contributed by atoms with Gasteiger partial charge in [-0.15, -0.1) is 0 Å². The van der Waals surface area contributed by atoms with Gasteiger partial charge in [-0.2, -0.15) is 15.3 Å². The fraction of sp³-hybridized carbons (Fsp3) is 0.148. The van der Waals surface area contributed by atoms with Crippen molar-refractivity contribution in [1.82, 2.24) is 90.4 Å². The monoisotopic (exact) mass is 1470 g/mol. The zero-order valence-corrected chi connectivity index (χ0v) is 60.8. The summed E-state index contributed by atoms with van der Waals surface area (Å²) < 4.78 is 0. The Morgan fingerprint density at radius 1 is 0.357 bits per heavy atom. The predicted octanol–water partition coefficient (Wildman–Crippen LogP) is 18.7. The molecule has 20 rings (SSSR count). The lowest BCUT2D eigenvalue weighted by Gasteiger charge is -2.20. The SMILES string of the molecule is CCC(=O)Nc1cncc(-c2ccc3[nH]nc(-c4nc5c(-c6ccccn6)cccc5[nH]4)c3c2)c1.O=C(Nc1cncc(-c2ccc3[nH]nc(-c4nc5c(-c6ccncc6)cccc5[nH]4)c3c2)c1)C1CCCC1.O=C(Nc1cncc(-c2ccc3[nH]nc(-c4nc5c(-c6ccncc6)cccc5[nH]4)c3c2)c1)C1CCCCC1. The summed E-state index contributed by atoms with van der Waals surface area (Å²) >= 11 is 0. The minimum Gasteiger partial charge on any atom is -0.337 e. The van der Waals surface area contributed by atoms with Gasteiger partial charge in [0.1, 0.15) is 17.1 Å². The number of para-hydroxylation sites is 3. The van der Waals surface area contributed by atoms with Crippen molar-refractivity contribution < 1.29 is 14.4 Å². The van der Waals surface area contributed by atoms with Crippen molar-refractivity contribution in [2.75, 3.05) is 16.0 Å². The highest BCUT2D eigenvalue weighted by Crippen LogP contribution is 2.39. The van der Waals surface area contributed by atoms with Gasteiger partial charge in [0.2, 0.25) is 17.7 Å². The molecular weight excluding hydrogens is 1400 g/mol. The predicted molar refractivity (Wildman–Crippen MR) is 438 cm³/mol. The summed E-state index contributed by atoms with van der Waals surface area (Å²) in [6.07, 6.45) is 29.4. The molecule has 2 fully saturated rings. The Hall–Kier alpha value is -14.6. The Labute approximate surface area is 640 Å². The van der Waals surface area contributed by atoms with Crippen LogP contribution in [-0.2, 0) is 14.4 Å². The molecule has 2 saturated carbocycles. The number of rotatable bonds is 15. The van der Waals surface area contributed by atoms with Crippen LogP contribution < -0.4 is 16.0 Å². The molecule has 0 aliphatic heterocycles. The van der Waals surface area contributed by atoms with Crippen molar-refractivity contribution in [3.63, 3.8) is 0 Å². The Balaban J connectivity index is 0.000000117. The largest absolute Gasteiger partial charge is 0.337 e. The van der Waals surface area contributed by atoms with E-state index >= 15 is 0 Å². The number of benzene rings is 6. The van der Waals surface area contributed by atoms with E-state index in [9.17, 15) is 14.4 Å². The molecule has 2 aliphatic rings. The minimum atomic E-state index is -0.0496. The van der Waals surface area contributed by atoms with Gasteiger partial charge in [-0.1, -0.05) is 99.7 Å². The van der Waals surface area contributed by atoms with Crippen LogP contribution in [0.5, 0.6) is 0 Å². The number of nitrogens with one attached hydrogen (secondary N) is 9. The molecule has 9 N–H and O–H groups in total. The topological polar surface area (TPSA) is 337 Å². The quantitative estimate of drug-likeness (QED) is 0.0461. The fourth-order valence-electron chi connectivity index (χ4n) is 15.1. The summed E-state index contributed by atoms with van der Waals surface area (Å²) in [5, 5.41) is 35.0. The van der Waals surface area contributed by atoms with E-state index < -0.39 is 0 Å². The third-order valence-electron chi connectivity index (χ3n) is 20.9. The highest BCUT2D eigenvalue weighted by Gasteiger charge is 2.26. The van der Waals surface area contributed by atoms with E-state index in [-0.39, 0.29) is 29.6 Å². The summed E-state index contributed by atoms with van der Waals surface area (Å²) in [7, 11) is 0. The summed E-state index contributed by atoms with van der Waals surface area (Å²) in [6, 6.07) is 56.2. The molecule has 0 spiro atoms. The normalized spacial score (nSPS) is 13.2. The number of aromatic amines is 6. The molecule has 12 aromatic heterocycles. The Morgan fingerprint density at radius 3 is 1.15 bits per heavy atom. The number of anilines is 3. The van der Waals surface area contributed by atoms with Crippen molar-refractivity contribution >= 4 is 101 Å². The zero-order chi connectivity index (χ0) is 75.4. The summed E-state index contributed by atoms with van der Waals surface area (Å²) in [4.78, 5) is 88.2. The molecule has 6 aromatic carbocycles. The van der Waals surface area contributed by atoms with E-state index in [2.05, 4.69) is 122 Å². The van der Waals surface area contributed by atoms with Crippen LogP contribution in [-0.4, -0.2) is 108 Å². The van der Waals surface area contributed by atoms with Crippen LogP contribution in [0.1, 0.15) is 71.1 Å². The number of pyridine rings is 6. The van der Waals surface area contributed by atoms with Gasteiger partial charge in [-0.3, -0.25) is 59.6 Å². The third kappa shape index (κ3) is 14.2. The molecule has 0 unspecified atom stereocenters. The molecule has 3 amide bonds.